The van der Waals surface area contributed by atoms with Crippen LogP contribution in [0.4, 0.5) is 34.1 Å². The van der Waals surface area contributed by atoms with Crippen LogP contribution in [-0.2, 0) is 27.1 Å². The molecule has 0 bridgehead atoms. The van der Waals surface area contributed by atoms with Gasteiger partial charge in [0.05, 0.1) is 22.4 Å². The molecule has 0 saturated heterocycles. The van der Waals surface area contributed by atoms with Crippen molar-refractivity contribution in [2.45, 2.75) is 131 Å². The SMILES string of the molecule is CC(C)(C)c1cccc(-c2cc(-c3ccccc3)cc(-c3cccc(C(C)(C)C)c3)c2N2c3ccc(-c4ccccc4)cc3B3c4ccc(-n5c6ccc7cccc8c9cccc%10ccc5c(c%109)c6c78)cc4N(c4c(-c5cccc(C(C)(C)C)c5)cc(-c5ccccc5)cc4-c4cccc(C(C)(C)C)c4)c4cc(C(C)(C)C)cc2c43)c1. The molecule has 0 radical (unpaired) electrons. The number of benzene rings is 17. The molecule has 3 nitrogen and oxygen atoms in total. The lowest BCUT2D eigenvalue weighted by atomic mass is 9.33. The Bertz CT molecular complexity index is 6700. The van der Waals surface area contributed by atoms with Crippen molar-refractivity contribution in [1.29, 1.82) is 0 Å². The van der Waals surface area contributed by atoms with Gasteiger partial charge in [-0.3, -0.25) is 0 Å². The molecule has 20 rings (SSSR count). The van der Waals surface area contributed by atoms with Crippen molar-refractivity contribution in [3.8, 4) is 83.6 Å². The van der Waals surface area contributed by atoms with Gasteiger partial charge in [-0.15, -0.1) is 0 Å². The minimum absolute atomic E-state index is 0.141. The molecular formula is C112H98BN3. The Morgan fingerprint density at radius 1 is 0.224 bits per heavy atom. The highest BCUT2D eigenvalue weighted by Gasteiger charge is 2.47. The molecule has 564 valence electrons. The maximum atomic E-state index is 2.80. The summed E-state index contributed by atoms with van der Waals surface area (Å²) in [4.78, 5) is 5.56. The topological polar surface area (TPSA) is 11.4 Å². The van der Waals surface area contributed by atoms with Crippen LogP contribution in [0.5, 0.6) is 0 Å². The lowest BCUT2D eigenvalue weighted by molar-refractivity contribution is 0.590. The lowest BCUT2D eigenvalue weighted by Gasteiger charge is -2.46. The highest BCUT2D eigenvalue weighted by molar-refractivity contribution is 7.00. The summed E-state index contributed by atoms with van der Waals surface area (Å²) in [5.74, 6) is 0. The molecule has 17 aromatic carbocycles. The van der Waals surface area contributed by atoms with Crippen LogP contribution in [0.2, 0.25) is 0 Å². The van der Waals surface area contributed by atoms with E-state index in [0.29, 0.717) is 0 Å². The number of nitrogens with zero attached hydrogens (tertiary/aromatic N) is 3. The first-order valence-corrected chi connectivity index (χ1v) is 41.6. The monoisotopic (exact) mass is 1500 g/mol. The molecule has 1 aromatic heterocycles. The first kappa shape index (κ1) is 72.5. The Morgan fingerprint density at radius 2 is 0.586 bits per heavy atom. The average Bonchev–Trinajstić information content (AvgIpc) is 1.30. The van der Waals surface area contributed by atoms with Crippen LogP contribution in [0.1, 0.15) is 132 Å². The third-order valence-electron chi connectivity index (χ3n) is 25.4. The molecule has 0 atom stereocenters. The van der Waals surface area contributed by atoms with Crippen LogP contribution in [0.15, 0.2) is 322 Å². The third-order valence-corrected chi connectivity index (χ3v) is 25.4. The molecule has 0 N–H and O–H groups in total. The highest BCUT2D eigenvalue weighted by Crippen LogP contribution is 2.57. The standard InChI is InChI=1S/C112H98BN3/c1-108(2,3)81-43-25-39-75(57-81)89-61-79(70-33-21-17-22-34-70)62-90(76-40-26-44-82(58-76)109(4,5)6)106(89)115-95-54-51-74(69-31-19-16-20-32-69)65-94(95)113-93-53-52-86(114-96-55-49-72-37-29-47-87-88-48-30-38-73-50-56-97(114)104(102(73)88)103(96)101(72)87)68-98(93)116(100-67-85(112(13,14)15)66-99(115)105(100)113)107-91(77-41-27-45-83(59-77)110(7,8)9)63-80(71-35-23-18-24-36-71)64-92(107)78-42-28-46-84(60-78)111(10,11)12/h16-68H,1-15H3. The van der Waals surface area contributed by atoms with Crippen molar-refractivity contribution in [2.24, 2.45) is 0 Å². The Labute approximate surface area is 685 Å². The van der Waals surface area contributed by atoms with Crippen molar-refractivity contribution in [3.63, 3.8) is 0 Å². The first-order valence-electron chi connectivity index (χ1n) is 41.6. The van der Waals surface area contributed by atoms with Crippen molar-refractivity contribution in [3.05, 3.63) is 349 Å². The van der Waals surface area contributed by atoms with E-state index in [2.05, 4.69) is 440 Å². The summed E-state index contributed by atoms with van der Waals surface area (Å²) in [5, 5.41) is 10.4. The Morgan fingerprint density at radius 3 is 0.974 bits per heavy atom. The average molecular weight is 1500 g/mol. The molecule has 2 aliphatic heterocycles. The minimum Gasteiger partial charge on any atom is -0.310 e. The second kappa shape index (κ2) is 26.5. The van der Waals surface area contributed by atoms with Crippen LogP contribution in [0.25, 0.3) is 138 Å². The van der Waals surface area contributed by atoms with Gasteiger partial charge in [-0.25, -0.2) is 0 Å². The van der Waals surface area contributed by atoms with Crippen molar-refractivity contribution < 1.29 is 0 Å². The maximum absolute atomic E-state index is 2.80. The molecule has 0 saturated carbocycles. The molecule has 0 amide bonds. The summed E-state index contributed by atoms with van der Waals surface area (Å²) in [5.41, 5.74) is 35.7. The molecule has 4 heteroatoms. The second-order valence-electron chi connectivity index (χ2n) is 38.1. The predicted molar refractivity (Wildman–Crippen MR) is 501 cm³/mol. The zero-order valence-electron chi connectivity index (χ0n) is 69.5. The normalized spacial score (nSPS) is 13.2. The third kappa shape index (κ3) is 11.9. The van der Waals surface area contributed by atoms with E-state index in [-0.39, 0.29) is 33.8 Å². The van der Waals surface area contributed by atoms with Gasteiger partial charge in [-0.1, -0.05) is 359 Å². The van der Waals surface area contributed by atoms with E-state index >= 15 is 0 Å². The summed E-state index contributed by atoms with van der Waals surface area (Å²) in [6.07, 6.45) is 0. The minimum atomic E-state index is -0.369. The zero-order valence-corrected chi connectivity index (χ0v) is 69.5. The lowest BCUT2D eigenvalue weighted by Crippen LogP contribution is -2.61. The molecule has 3 heterocycles. The Kier molecular flexibility index (Phi) is 16.6. The number of hydrogen-bond acceptors (Lipinski definition) is 2. The second-order valence-corrected chi connectivity index (χ2v) is 38.1. The van der Waals surface area contributed by atoms with Gasteiger partial charge >= 0.3 is 0 Å². The van der Waals surface area contributed by atoms with Crippen LogP contribution >= 0.6 is 0 Å². The number of fused-ring (bicyclic) bond motifs is 5. The van der Waals surface area contributed by atoms with E-state index in [1.165, 1.54) is 126 Å². The maximum Gasteiger partial charge on any atom is 0.252 e. The van der Waals surface area contributed by atoms with Gasteiger partial charge in [0.15, 0.2) is 0 Å². The number of rotatable bonds is 10. The molecule has 0 spiro atoms. The fourth-order valence-corrected chi connectivity index (χ4v) is 19.2. The molecule has 0 aliphatic carbocycles. The van der Waals surface area contributed by atoms with Crippen molar-refractivity contribution in [2.75, 3.05) is 9.80 Å². The summed E-state index contributed by atoms with van der Waals surface area (Å²) >= 11 is 0. The van der Waals surface area contributed by atoms with E-state index in [0.717, 1.165) is 89.9 Å². The molecule has 18 aromatic rings. The summed E-state index contributed by atoms with van der Waals surface area (Å²) < 4.78 is 2.61. The van der Waals surface area contributed by atoms with Crippen molar-refractivity contribution >= 4 is 111 Å². The van der Waals surface area contributed by atoms with Crippen LogP contribution in [-0.4, -0.2) is 11.3 Å². The molecule has 2 aliphatic rings. The van der Waals surface area contributed by atoms with Gasteiger partial charge in [0.1, 0.15) is 0 Å². The van der Waals surface area contributed by atoms with Crippen molar-refractivity contribution in [1.82, 2.24) is 4.57 Å². The molecule has 0 unspecified atom stereocenters. The summed E-state index contributed by atoms with van der Waals surface area (Å²) in [6.45, 7) is 35.2. The first-order chi connectivity index (χ1) is 55.7. The summed E-state index contributed by atoms with van der Waals surface area (Å²) in [6, 6.07) is 125. The Balaban J connectivity index is 0.988. The van der Waals surface area contributed by atoms with E-state index < -0.39 is 0 Å². The van der Waals surface area contributed by atoms with Crippen LogP contribution < -0.4 is 26.2 Å². The number of hydrogen-bond donors (Lipinski definition) is 0. The molecular weight excluding hydrogens is 1400 g/mol. The fraction of sp³-hybridized carbons (Fsp3) is 0.179. The van der Waals surface area contributed by atoms with Gasteiger partial charge < -0.3 is 14.4 Å². The van der Waals surface area contributed by atoms with Gasteiger partial charge in [-0.05, 0) is 226 Å². The predicted octanol–water partition coefficient (Wildman–Crippen LogP) is 29.4. The Hall–Kier alpha value is -12.5. The molecule has 116 heavy (non-hydrogen) atoms. The van der Waals surface area contributed by atoms with Gasteiger partial charge in [0, 0.05) is 61.5 Å². The van der Waals surface area contributed by atoms with E-state index in [4.69, 9.17) is 0 Å². The van der Waals surface area contributed by atoms with Gasteiger partial charge in [0.25, 0.3) is 6.71 Å². The van der Waals surface area contributed by atoms with E-state index in [1.807, 2.05) is 0 Å². The van der Waals surface area contributed by atoms with Gasteiger partial charge in [0.2, 0.25) is 0 Å². The fourth-order valence-electron chi connectivity index (χ4n) is 19.2. The van der Waals surface area contributed by atoms with E-state index in [9.17, 15) is 0 Å². The smallest absolute Gasteiger partial charge is 0.252 e. The highest BCUT2D eigenvalue weighted by atomic mass is 15.2. The zero-order chi connectivity index (χ0) is 79.8. The number of anilines is 6. The molecule has 0 fully saturated rings. The van der Waals surface area contributed by atoms with E-state index in [1.54, 1.807) is 0 Å². The summed E-state index contributed by atoms with van der Waals surface area (Å²) in [7, 11) is 0. The van der Waals surface area contributed by atoms with Gasteiger partial charge in [-0.2, -0.15) is 0 Å². The quantitative estimate of drug-likeness (QED) is 0.0768. The van der Waals surface area contributed by atoms with Crippen LogP contribution in [0.3, 0.4) is 0 Å². The largest absolute Gasteiger partial charge is 0.310 e. The number of aromatic nitrogens is 1. The van der Waals surface area contributed by atoms with Crippen LogP contribution in [0, 0.1) is 0 Å².